The summed E-state index contributed by atoms with van der Waals surface area (Å²) >= 11 is 15.8. The van der Waals surface area contributed by atoms with Crippen LogP contribution < -0.4 is 0 Å². The predicted molar refractivity (Wildman–Crippen MR) is 147 cm³/mol. The van der Waals surface area contributed by atoms with Gasteiger partial charge in [0.1, 0.15) is 9.52 Å². The van der Waals surface area contributed by atoms with Crippen LogP contribution in [0.4, 0.5) is 0 Å². The molecule has 0 heterocycles. The zero-order valence-electron chi connectivity index (χ0n) is 21.2. The van der Waals surface area contributed by atoms with Crippen LogP contribution in [0.5, 0.6) is 0 Å². The molecule has 2 unspecified atom stereocenters. The second-order valence-electron chi connectivity index (χ2n) is 10.7. The number of hydrogen-bond acceptors (Lipinski definition) is 0. The van der Waals surface area contributed by atoms with Gasteiger partial charge < -0.3 is 0 Å². The van der Waals surface area contributed by atoms with Crippen LogP contribution in [0.3, 0.4) is 0 Å². The van der Waals surface area contributed by atoms with Crippen LogP contribution in [0.2, 0.25) is 0 Å². The van der Waals surface area contributed by atoms with Gasteiger partial charge in [-0.05, 0) is 82.1 Å². The Balaban J connectivity index is 1.95. The van der Waals surface area contributed by atoms with Gasteiger partial charge in [-0.3, -0.25) is 0 Å². The SMILES string of the molecule is CC1=C([C@@H](C)C(C)C)C(Cl)([Si]C2(Cl)C([C@@H](C)C(C)C)=C(C)c3ccccc32)c2ccccc21. The third kappa shape index (κ3) is 3.70. The molecule has 2 aliphatic rings. The molecule has 4 rings (SSSR count). The zero-order valence-corrected chi connectivity index (χ0v) is 23.7. The van der Waals surface area contributed by atoms with E-state index in [1.807, 2.05) is 0 Å². The Morgan fingerprint density at radius 2 is 0.939 bits per heavy atom. The average molecular weight is 496 g/mol. The molecule has 2 radical (unpaired) electrons. The molecule has 4 atom stereocenters. The Bertz CT molecular complexity index is 1050. The topological polar surface area (TPSA) is 0 Å². The third-order valence-electron chi connectivity index (χ3n) is 8.21. The van der Waals surface area contributed by atoms with Gasteiger partial charge in [-0.15, -0.1) is 23.2 Å². The Morgan fingerprint density at radius 1 is 0.606 bits per heavy atom. The first-order valence-corrected chi connectivity index (χ1v) is 14.0. The fourth-order valence-corrected chi connectivity index (χ4v) is 10.0. The summed E-state index contributed by atoms with van der Waals surface area (Å²) in [5, 5.41) is 0. The molecule has 0 aliphatic heterocycles. The molecule has 0 bridgehead atoms. The van der Waals surface area contributed by atoms with E-state index in [0.717, 1.165) is 0 Å². The molecule has 174 valence electrons. The van der Waals surface area contributed by atoms with E-state index in [9.17, 15) is 0 Å². The molecule has 2 aromatic rings. The van der Waals surface area contributed by atoms with Crippen LogP contribution in [0.1, 0.15) is 77.6 Å². The van der Waals surface area contributed by atoms with Crippen molar-refractivity contribution < 1.29 is 0 Å². The maximum Gasteiger partial charge on any atom is 0.118 e. The summed E-state index contributed by atoms with van der Waals surface area (Å²) in [5.41, 5.74) is 10.4. The van der Waals surface area contributed by atoms with E-state index in [0.29, 0.717) is 33.2 Å². The van der Waals surface area contributed by atoms with E-state index in [1.54, 1.807) is 0 Å². The Morgan fingerprint density at radius 3 is 1.27 bits per heavy atom. The first-order chi connectivity index (χ1) is 15.4. The molecular formula is C30H36Cl2Si. The van der Waals surface area contributed by atoms with E-state index in [2.05, 4.69) is 104 Å². The number of fused-ring (bicyclic) bond motifs is 2. The largest absolute Gasteiger partial charge is 0.118 e. The Kier molecular flexibility index (Phi) is 6.57. The van der Waals surface area contributed by atoms with Crippen molar-refractivity contribution in [1.29, 1.82) is 0 Å². The normalized spacial score (nSPS) is 26.3. The Hall–Kier alpha value is -1.28. The van der Waals surface area contributed by atoms with Gasteiger partial charge in [0, 0.05) is 0 Å². The van der Waals surface area contributed by atoms with Gasteiger partial charge in [-0.1, -0.05) is 90.1 Å². The molecule has 0 nitrogen and oxygen atoms in total. The summed E-state index contributed by atoms with van der Waals surface area (Å²) in [7, 11) is 0.298. The summed E-state index contributed by atoms with van der Waals surface area (Å²) in [6.45, 7) is 18.4. The maximum atomic E-state index is 7.88. The number of alkyl halides is 2. The summed E-state index contributed by atoms with van der Waals surface area (Å²) in [4.78, 5) is 0. The molecule has 0 fully saturated rings. The van der Waals surface area contributed by atoms with Crippen molar-refractivity contribution in [2.75, 3.05) is 0 Å². The first-order valence-electron chi connectivity index (χ1n) is 12.2. The minimum absolute atomic E-state index is 0.298. The molecule has 3 heteroatoms. The van der Waals surface area contributed by atoms with Gasteiger partial charge in [0.2, 0.25) is 0 Å². The van der Waals surface area contributed by atoms with E-state index in [4.69, 9.17) is 23.2 Å². The van der Waals surface area contributed by atoms with E-state index >= 15 is 0 Å². The third-order valence-corrected chi connectivity index (χ3v) is 11.4. The van der Waals surface area contributed by atoms with Crippen LogP contribution >= 0.6 is 23.2 Å². The lowest BCUT2D eigenvalue weighted by Gasteiger charge is -2.40. The number of rotatable bonds is 6. The number of benzene rings is 2. The molecule has 0 aromatic heterocycles. The van der Waals surface area contributed by atoms with Crippen molar-refractivity contribution in [3.63, 3.8) is 0 Å². The highest BCUT2D eigenvalue weighted by Crippen LogP contribution is 2.60. The molecular weight excluding hydrogens is 459 g/mol. The lowest BCUT2D eigenvalue weighted by molar-refractivity contribution is 0.459. The van der Waals surface area contributed by atoms with Crippen LogP contribution in [0, 0.1) is 23.7 Å². The number of allylic oxidation sites excluding steroid dienone is 4. The van der Waals surface area contributed by atoms with Crippen molar-refractivity contribution in [2.45, 2.75) is 64.4 Å². The molecule has 0 saturated carbocycles. The minimum atomic E-state index is -0.605. The van der Waals surface area contributed by atoms with Gasteiger partial charge in [0.15, 0.2) is 0 Å². The smallest absolute Gasteiger partial charge is 0.114 e. The van der Waals surface area contributed by atoms with Gasteiger partial charge in [0.05, 0.1) is 8.99 Å². The minimum Gasteiger partial charge on any atom is -0.114 e. The molecule has 0 spiro atoms. The number of halogens is 2. The molecule has 0 amide bonds. The van der Waals surface area contributed by atoms with E-state index in [-0.39, 0.29) is 0 Å². The fourth-order valence-electron chi connectivity index (χ4n) is 5.80. The van der Waals surface area contributed by atoms with Crippen molar-refractivity contribution >= 4 is 43.9 Å². The summed E-state index contributed by atoms with van der Waals surface area (Å²) in [6.07, 6.45) is 0. The van der Waals surface area contributed by atoms with Crippen LogP contribution in [-0.4, -0.2) is 9.52 Å². The standard InChI is InChI=1S/C30H36Cl2Si/c1-17(2)19(5)27-21(7)23-13-9-11-15-25(23)29(27,31)33-30(32)26-16-12-10-14-24(26)22(8)28(30)20(6)18(3)4/h9-20H,1-8H3/t19-,20-,29?,30?/m0/s1. The summed E-state index contributed by atoms with van der Waals surface area (Å²) < 4.78 is -1.21. The monoisotopic (exact) mass is 494 g/mol. The molecule has 2 aliphatic carbocycles. The lowest BCUT2D eigenvalue weighted by Crippen LogP contribution is -2.44. The predicted octanol–water partition coefficient (Wildman–Crippen LogP) is 9.03. The number of hydrogen-bond donors (Lipinski definition) is 0. The fraction of sp³-hybridized carbons (Fsp3) is 0.467. The molecule has 33 heavy (non-hydrogen) atoms. The molecule has 2 aromatic carbocycles. The van der Waals surface area contributed by atoms with Gasteiger partial charge in [0.25, 0.3) is 0 Å². The quantitative estimate of drug-likeness (QED) is 0.277. The van der Waals surface area contributed by atoms with E-state index < -0.39 is 8.99 Å². The van der Waals surface area contributed by atoms with Crippen molar-refractivity contribution in [3.05, 3.63) is 81.9 Å². The van der Waals surface area contributed by atoms with Crippen LogP contribution in [-0.2, 0) is 8.99 Å². The van der Waals surface area contributed by atoms with Crippen molar-refractivity contribution in [3.8, 4) is 0 Å². The van der Waals surface area contributed by atoms with Gasteiger partial charge in [-0.25, -0.2) is 0 Å². The van der Waals surface area contributed by atoms with Gasteiger partial charge in [-0.2, -0.15) is 0 Å². The van der Waals surface area contributed by atoms with Crippen molar-refractivity contribution in [1.82, 2.24) is 0 Å². The Labute approximate surface area is 213 Å². The van der Waals surface area contributed by atoms with E-state index in [1.165, 1.54) is 44.5 Å². The maximum absolute atomic E-state index is 7.88. The lowest BCUT2D eigenvalue weighted by atomic mass is 9.86. The zero-order chi connectivity index (χ0) is 24.3. The van der Waals surface area contributed by atoms with Gasteiger partial charge >= 0.3 is 0 Å². The average Bonchev–Trinajstić information content (AvgIpc) is 3.12. The summed E-state index contributed by atoms with van der Waals surface area (Å²) in [5.74, 6) is 1.74. The molecule has 0 N–H and O–H groups in total. The van der Waals surface area contributed by atoms with Crippen molar-refractivity contribution in [2.24, 2.45) is 23.7 Å². The second kappa shape index (κ2) is 8.74. The highest BCUT2D eigenvalue weighted by molar-refractivity contribution is 6.70. The molecule has 0 saturated heterocycles. The van der Waals surface area contributed by atoms with Crippen LogP contribution in [0.25, 0.3) is 11.1 Å². The summed E-state index contributed by atoms with van der Waals surface area (Å²) in [6, 6.07) is 17.4. The first kappa shape index (κ1) is 24.8. The highest BCUT2D eigenvalue weighted by atomic mass is 35.5. The van der Waals surface area contributed by atoms with Crippen LogP contribution in [0.15, 0.2) is 59.7 Å². The second-order valence-corrected chi connectivity index (χ2v) is 14.2. The highest BCUT2D eigenvalue weighted by Gasteiger charge is 2.55.